The van der Waals surface area contributed by atoms with Crippen molar-refractivity contribution >= 4 is 32.1 Å². The third-order valence-corrected chi connectivity index (χ3v) is 7.63. The Morgan fingerprint density at radius 1 is 1.35 bits per heavy atom. The second-order valence-corrected chi connectivity index (χ2v) is 9.93. The van der Waals surface area contributed by atoms with Crippen LogP contribution in [0.2, 0.25) is 0 Å². The van der Waals surface area contributed by atoms with Gasteiger partial charge in [0.25, 0.3) is 5.91 Å². The van der Waals surface area contributed by atoms with Crippen LogP contribution in [0.1, 0.15) is 46.6 Å². The number of amides is 1. The third-order valence-electron chi connectivity index (χ3n) is 4.71. The molecule has 5 nitrogen and oxygen atoms in total. The maximum Gasteiger partial charge on any atom is 0.256 e. The molecule has 3 rings (SSSR count). The molecule has 0 fully saturated rings. The lowest BCUT2D eigenvalue weighted by Gasteiger charge is -2.17. The Kier molecular flexibility index (Phi) is 5.17. The van der Waals surface area contributed by atoms with Gasteiger partial charge >= 0.3 is 0 Å². The molecule has 1 N–H and O–H groups in total. The zero-order chi connectivity index (χ0) is 18.9. The van der Waals surface area contributed by atoms with E-state index in [0.717, 1.165) is 24.8 Å². The quantitative estimate of drug-likeness (QED) is 0.863. The highest BCUT2D eigenvalue weighted by Crippen LogP contribution is 2.39. The highest BCUT2D eigenvalue weighted by Gasteiger charge is 2.25. The molecule has 1 amide bonds. The van der Waals surface area contributed by atoms with Gasteiger partial charge in [0.2, 0.25) is 0 Å². The Hall–Kier alpha value is -2.17. The average Bonchev–Trinajstić information content (AvgIpc) is 2.97. The lowest BCUT2D eigenvalue weighted by Crippen LogP contribution is -2.12. The summed E-state index contributed by atoms with van der Waals surface area (Å²) < 4.78 is 23.7. The maximum absolute atomic E-state index is 12.5. The summed E-state index contributed by atoms with van der Waals surface area (Å²) in [4.78, 5) is 13.9. The summed E-state index contributed by atoms with van der Waals surface area (Å²) in [5.74, 6) is 0.265. The fourth-order valence-corrected chi connectivity index (χ4v) is 5.35. The summed E-state index contributed by atoms with van der Waals surface area (Å²) in [7, 11) is -3.29. The van der Waals surface area contributed by atoms with Crippen LogP contribution < -0.4 is 5.32 Å². The molecule has 1 atom stereocenters. The Morgan fingerprint density at radius 2 is 2.04 bits per heavy atom. The van der Waals surface area contributed by atoms with Gasteiger partial charge in [-0.05, 0) is 55.0 Å². The summed E-state index contributed by atoms with van der Waals surface area (Å²) in [6.45, 7) is 3.78. The highest BCUT2D eigenvalue weighted by atomic mass is 32.2. The number of rotatable bonds is 4. The number of carbonyl (C=O) groups is 1. The van der Waals surface area contributed by atoms with Gasteiger partial charge in [-0.1, -0.05) is 13.8 Å². The maximum atomic E-state index is 12.5. The standard InChI is InChI=1S/C19H20N2O3S2/c1-3-26(23,24)14-7-5-13(6-8-14)18(22)21-19-16(11-20)15-9-4-12(2)10-17(15)25-19/h5-8,12H,3-4,9-10H2,1-2H3,(H,21,22). The monoisotopic (exact) mass is 388 g/mol. The molecule has 0 spiro atoms. The normalized spacial score (nSPS) is 16.6. The first kappa shape index (κ1) is 18.6. The van der Waals surface area contributed by atoms with Gasteiger partial charge in [-0.3, -0.25) is 4.79 Å². The number of thiophene rings is 1. The fourth-order valence-electron chi connectivity index (χ4n) is 3.11. The molecule has 136 valence electrons. The second-order valence-electron chi connectivity index (χ2n) is 6.55. The van der Waals surface area contributed by atoms with Crippen molar-refractivity contribution in [1.82, 2.24) is 0 Å². The van der Waals surface area contributed by atoms with Gasteiger partial charge in [0.05, 0.1) is 16.2 Å². The predicted molar refractivity (Wildman–Crippen MR) is 102 cm³/mol. The van der Waals surface area contributed by atoms with Gasteiger partial charge in [-0.15, -0.1) is 11.3 Å². The fraction of sp³-hybridized carbons (Fsp3) is 0.368. The molecule has 26 heavy (non-hydrogen) atoms. The van der Waals surface area contributed by atoms with Crippen molar-refractivity contribution in [2.45, 2.75) is 38.0 Å². The Balaban J connectivity index is 1.84. The van der Waals surface area contributed by atoms with E-state index in [1.54, 1.807) is 6.92 Å². The van der Waals surface area contributed by atoms with Crippen LogP contribution in [0.4, 0.5) is 5.00 Å². The number of nitrogens with one attached hydrogen (secondary N) is 1. The molecule has 0 aliphatic heterocycles. The van der Waals surface area contributed by atoms with Crippen LogP contribution in [0.5, 0.6) is 0 Å². The number of benzene rings is 1. The van der Waals surface area contributed by atoms with Crippen molar-refractivity contribution in [3.05, 3.63) is 45.8 Å². The lowest BCUT2D eigenvalue weighted by atomic mass is 9.88. The molecule has 1 aliphatic carbocycles. The van der Waals surface area contributed by atoms with Crippen molar-refractivity contribution in [2.24, 2.45) is 5.92 Å². The van der Waals surface area contributed by atoms with E-state index in [4.69, 9.17) is 0 Å². The molecule has 1 aromatic heterocycles. The van der Waals surface area contributed by atoms with E-state index >= 15 is 0 Å². The number of nitrogens with zero attached hydrogens (tertiary/aromatic N) is 1. The molecule has 1 aliphatic rings. The molecular formula is C19H20N2O3S2. The topological polar surface area (TPSA) is 87.0 Å². The van der Waals surface area contributed by atoms with E-state index in [0.29, 0.717) is 22.0 Å². The van der Waals surface area contributed by atoms with E-state index in [9.17, 15) is 18.5 Å². The molecule has 0 saturated carbocycles. The van der Waals surface area contributed by atoms with Crippen molar-refractivity contribution in [1.29, 1.82) is 5.26 Å². The van der Waals surface area contributed by atoms with Gasteiger partial charge in [0.15, 0.2) is 9.84 Å². The predicted octanol–water partition coefficient (Wildman–Crippen LogP) is 3.79. The molecule has 2 aromatic rings. The lowest BCUT2D eigenvalue weighted by molar-refractivity contribution is 0.102. The van der Waals surface area contributed by atoms with Crippen molar-refractivity contribution in [3.8, 4) is 6.07 Å². The minimum atomic E-state index is -3.29. The number of hydrogen-bond donors (Lipinski definition) is 1. The Labute approximate surface area is 157 Å². The van der Waals surface area contributed by atoms with Crippen molar-refractivity contribution in [3.63, 3.8) is 0 Å². The summed E-state index contributed by atoms with van der Waals surface area (Å²) in [5, 5.41) is 12.9. The van der Waals surface area contributed by atoms with E-state index in [-0.39, 0.29) is 16.6 Å². The Morgan fingerprint density at radius 3 is 2.65 bits per heavy atom. The third kappa shape index (κ3) is 3.53. The van der Waals surface area contributed by atoms with Crippen LogP contribution in [0.15, 0.2) is 29.2 Å². The zero-order valence-electron chi connectivity index (χ0n) is 14.7. The number of carbonyl (C=O) groups excluding carboxylic acids is 1. The van der Waals surface area contributed by atoms with Crippen LogP contribution >= 0.6 is 11.3 Å². The van der Waals surface area contributed by atoms with Crippen LogP contribution in [-0.4, -0.2) is 20.1 Å². The molecule has 7 heteroatoms. The van der Waals surface area contributed by atoms with Gasteiger partial charge in [0, 0.05) is 10.4 Å². The van der Waals surface area contributed by atoms with E-state index in [1.165, 1.54) is 40.5 Å². The first-order valence-corrected chi connectivity index (χ1v) is 11.0. The van der Waals surface area contributed by atoms with E-state index in [1.807, 2.05) is 0 Å². The molecular weight excluding hydrogens is 368 g/mol. The molecule has 0 bridgehead atoms. The number of sulfone groups is 1. The van der Waals surface area contributed by atoms with E-state index in [2.05, 4.69) is 18.3 Å². The first-order chi connectivity index (χ1) is 12.4. The Bertz CT molecular complexity index is 983. The van der Waals surface area contributed by atoms with Crippen molar-refractivity contribution in [2.75, 3.05) is 11.1 Å². The highest BCUT2D eigenvalue weighted by molar-refractivity contribution is 7.91. The first-order valence-electron chi connectivity index (χ1n) is 8.54. The number of fused-ring (bicyclic) bond motifs is 1. The summed E-state index contributed by atoms with van der Waals surface area (Å²) in [6, 6.07) is 8.12. The van der Waals surface area contributed by atoms with Crippen molar-refractivity contribution < 1.29 is 13.2 Å². The van der Waals surface area contributed by atoms with E-state index < -0.39 is 9.84 Å². The molecule has 0 radical (unpaired) electrons. The molecule has 1 heterocycles. The summed E-state index contributed by atoms with van der Waals surface area (Å²) in [5.41, 5.74) is 1.99. The molecule has 0 saturated heterocycles. The SMILES string of the molecule is CCS(=O)(=O)c1ccc(C(=O)Nc2sc3c(c2C#N)CCC(C)C3)cc1. The second kappa shape index (κ2) is 7.22. The van der Waals surface area contributed by atoms with Gasteiger partial charge in [-0.2, -0.15) is 5.26 Å². The molecule has 1 aromatic carbocycles. The van der Waals surface area contributed by atoms with Crippen LogP contribution in [0, 0.1) is 17.2 Å². The largest absolute Gasteiger partial charge is 0.312 e. The van der Waals surface area contributed by atoms with Gasteiger partial charge in [0.1, 0.15) is 11.1 Å². The van der Waals surface area contributed by atoms with Crippen LogP contribution in [0.3, 0.4) is 0 Å². The number of hydrogen-bond acceptors (Lipinski definition) is 5. The summed E-state index contributed by atoms with van der Waals surface area (Å²) in [6.07, 6.45) is 2.86. The average molecular weight is 389 g/mol. The van der Waals surface area contributed by atoms with Gasteiger partial charge in [-0.25, -0.2) is 8.42 Å². The van der Waals surface area contributed by atoms with Gasteiger partial charge < -0.3 is 5.32 Å². The minimum absolute atomic E-state index is 0.0171. The number of nitriles is 1. The minimum Gasteiger partial charge on any atom is -0.312 e. The zero-order valence-corrected chi connectivity index (χ0v) is 16.3. The smallest absolute Gasteiger partial charge is 0.256 e. The molecule has 1 unspecified atom stereocenters. The van der Waals surface area contributed by atoms with Crippen LogP contribution in [-0.2, 0) is 22.7 Å². The number of anilines is 1. The summed E-state index contributed by atoms with van der Waals surface area (Å²) >= 11 is 1.47. The van der Waals surface area contributed by atoms with Crippen LogP contribution in [0.25, 0.3) is 0 Å².